The standard InChI is InChI=1S/C14H12O4/c1-3-9(2)14(16)17-11-6-4-10-5-7-13(15)18-12(10)8-11/h3-8H,1-2H3/b9-3+. The number of hydrogen-bond donors (Lipinski definition) is 0. The Labute approximate surface area is 103 Å². The molecule has 1 aromatic carbocycles. The summed E-state index contributed by atoms with van der Waals surface area (Å²) >= 11 is 0. The maximum Gasteiger partial charge on any atom is 0.338 e. The van der Waals surface area contributed by atoms with E-state index in [2.05, 4.69) is 0 Å². The van der Waals surface area contributed by atoms with E-state index in [0.29, 0.717) is 16.9 Å². The maximum atomic E-state index is 11.6. The number of allylic oxidation sites excluding steroid dienone is 1. The van der Waals surface area contributed by atoms with Crippen molar-refractivity contribution in [2.75, 3.05) is 0 Å². The van der Waals surface area contributed by atoms with Crippen molar-refractivity contribution in [3.8, 4) is 5.75 Å². The summed E-state index contributed by atoms with van der Waals surface area (Å²) < 4.78 is 10.2. The Bertz CT molecular complexity index is 679. The normalized spacial score (nSPS) is 11.6. The first-order chi connectivity index (χ1) is 8.60. The van der Waals surface area contributed by atoms with Crippen LogP contribution in [0, 0.1) is 0 Å². The van der Waals surface area contributed by atoms with Gasteiger partial charge in [-0.15, -0.1) is 0 Å². The zero-order valence-corrected chi connectivity index (χ0v) is 10.1. The van der Waals surface area contributed by atoms with Gasteiger partial charge in [0.1, 0.15) is 11.3 Å². The van der Waals surface area contributed by atoms with Crippen molar-refractivity contribution in [3.63, 3.8) is 0 Å². The van der Waals surface area contributed by atoms with Crippen LogP contribution in [0.1, 0.15) is 13.8 Å². The van der Waals surface area contributed by atoms with Gasteiger partial charge in [-0.3, -0.25) is 0 Å². The third kappa shape index (κ3) is 2.48. The van der Waals surface area contributed by atoms with Crippen LogP contribution in [0.3, 0.4) is 0 Å². The summed E-state index contributed by atoms with van der Waals surface area (Å²) in [6.45, 7) is 3.43. The van der Waals surface area contributed by atoms with E-state index in [9.17, 15) is 9.59 Å². The van der Waals surface area contributed by atoms with Crippen LogP contribution < -0.4 is 10.4 Å². The minimum absolute atomic E-state index is 0.350. The molecule has 1 aromatic heterocycles. The summed E-state index contributed by atoms with van der Waals surface area (Å²) in [5, 5.41) is 0.775. The van der Waals surface area contributed by atoms with Crippen molar-refractivity contribution in [3.05, 3.63) is 52.4 Å². The molecule has 0 bridgehead atoms. The highest BCUT2D eigenvalue weighted by Crippen LogP contribution is 2.20. The van der Waals surface area contributed by atoms with E-state index in [0.717, 1.165) is 5.39 Å². The molecule has 4 heteroatoms. The molecule has 1 heterocycles. The van der Waals surface area contributed by atoms with Crippen molar-refractivity contribution < 1.29 is 13.9 Å². The predicted octanol–water partition coefficient (Wildman–Crippen LogP) is 2.66. The van der Waals surface area contributed by atoms with E-state index in [1.807, 2.05) is 0 Å². The van der Waals surface area contributed by atoms with Crippen LogP contribution in [-0.2, 0) is 4.79 Å². The van der Waals surface area contributed by atoms with Crippen molar-refractivity contribution >= 4 is 16.9 Å². The topological polar surface area (TPSA) is 56.5 Å². The minimum Gasteiger partial charge on any atom is -0.423 e. The first-order valence-electron chi connectivity index (χ1n) is 5.49. The van der Waals surface area contributed by atoms with E-state index >= 15 is 0 Å². The van der Waals surface area contributed by atoms with Crippen LogP contribution in [0.5, 0.6) is 5.75 Å². The summed E-state index contributed by atoms with van der Waals surface area (Å²) in [7, 11) is 0. The molecule has 0 unspecified atom stereocenters. The molecule has 0 atom stereocenters. The molecule has 92 valence electrons. The summed E-state index contributed by atoms with van der Waals surface area (Å²) in [5.74, 6) is -0.0711. The summed E-state index contributed by atoms with van der Waals surface area (Å²) in [4.78, 5) is 22.7. The van der Waals surface area contributed by atoms with Gasteiger partial charge in [0.05, 0.1) is 0 Å². The Morgan fingerprint density at radius 2 is 2.00 bits per heavy atom. The fraction of sp³-hybridized carbons (Fsp3) is 0.143. The van der Waals surface area contributed by atoms with Crippen LogP contribution in [0.2, 0.25) is 0 Å². The molecule has 0 N–H and O–H groups in total. The quantitative estimate of drug-likeness (QED) is 0.352. The van der Waals surface area contributed by atoms with Crippen molar-refractivity contribution in [1.82, 2.24) is 0 Å². The van der Waals surface area contributed by atoms with Crippen LogP contribution >= 0.6 is 0 Å². The number of rotatable bonds is 2. The Morgan fingerprint density at radius 1 is 1.28 bits per heavy atom. The molecule has 0 saturated carbocycles. The Morgan fingerprint density at radius 3 is 2.72 bits per heavy atom. The lowest BCUT2D eigenvalue weighted by molar-refractivity contribution is -0.130. The minimum atomic E-state index is -0.435. The fourth-order valence-corrected chi connectivity index (χ4v) is 1.41. The highest BCUT2D eigenvalue weighted by molar-refractivity contribution is 5.90. The number of ether oxygens (including phenoxy) is 1. The van der Waals surface area contributed by atoms with E-state index in [-0.39, 0.29) is 0 Å². The van der Waals surface area contributed by atoms with Crippen LogP contribution in [0.25, 0.3) is 11.0 Å². The van der Waals surface area contributed by atoms with Gasteiger partial charge in [-0.05, 0) is 32.0 Å². The second-order valence-electron chi connectivity index (χ2n) is 3.82. The van der Waals surface area contributed by atoms with E-state index in [1.54, 1.807) is 38.1 Å². The summed E-state index contributed by atoms with van der Waals surface area (Å²) in [6, 6.07) is 7.91. The number of hydrogen-bond acceptors (Lipinski definition) is 4. The lowest BCUT2D eigenvalue weighted by Gasteiger charge is -2.04. The number of carbonyl (C=O) groups is 1. The molecule has 2 aromatic rings. The zero-order chi connectivity index (χ0) is 13.1. The van der Waals surface area contributed by atoms with E-state index in [1.165, 1.54) is 12.1 Å². The molecule has 18 heavy (non-hydrogen) atoms. The van der Waals surface area contributed by atoms with Crippen molar-refractivity contribution in [2.24, 2.45) is 0 Å². The largest absolute Gasteiger partial charge is 0.423 e. The van der Waals surface area contributed by atoms with Gasteiger partial charge in [0, 0.05) is 23.1 Å². The molecule has 2 rings (SSSR count). The van der Waals surface area contributed by atoms with Gasteiger partial charge in [-0.25, -0.2) is 9.59 Å². The second kappa shape index (κ2) is 4.87. The number of carbonyl (C=O) groups excluding carboxylic acids is 1. The molecular formula is C14H12O4. The first kappa shape index (κ1) is 12.1. The van der Waals surface area contributed by atoms with Crippen molar-refractivity contribution in [1.29, 1.82) is 0 Å². The third-order valence-corrected chi connectivity index (χ3v) is 2.56. The number of esters is 1. The number of benzene rings is 1. The van der Waals surface area contributed by atoms with Crippen LogP contribution in [0.15, 0.2) is 51.2 Å². The smallest absolute Gasteiger partial charge is 0.338 e. The molecule has 0 aliphatic heterocycles. The van der Waals surface area contributed by atoms with Gasteiger partial charge in [-0.2, -0.15) is 0 Å². The third-order valence-electron chi connectivity index (χ3n) is 2.56. The van der Waals surface area contributed by atoms with Gasteiger partial charge in [0.15, 0.2) is 0 Å². The van der Waals surface area contributed by atoms with Gasteiger partial charge < -0.3 is 9.15 Å². The lowest BCUT2D eigenvalue weighted by atomic mass is 10.2. The second-order valence-corrected chi connectivity index (χ2v) is 3.82. The SMILES string of the molecule is C/C=C(\C)C(=O)Oc1ccc2ccc(=O)oc2c1. The molecule has 0 spiro atoms. The molecular weight excluding hydrogens is 232 g/mol. The monoisotopic (exact) mass is 244 g/mol. The molecule has 4 nitrogen and oxygen atoms in total. The Balaban J connectivity index is 2.35. The average molecular weight is 244 g/mol. The average Bonchev–Trinajstić information content (AvgIpc) is 2.37. The summed E-state index contributed by atoms with van der Waals surface area (Å²) in [5.41, 5.74) is 0.478. The van der Waals surface area contributed by atoms with Crippen LogP contribution in [-0.4, -0.2) is 5.97 Å². The molecule has 0 amide bonds. The zero-order valence-electron chi connectivity index (χ0n) is 10.1. The van der Waals surface area contributed by atoms with Crippen molar-refractivity contribution in [2.45, 2.75) is 13.8 Å². The Kier molecular flexibility index (Phi) is 3.28. The highest BCUT2D eigenvalue weighted by Gasteiger charge is 2.07. The first-order valence-corrected chi connectivity index (χ1v) is 5.49. The van der Waals surface area contributed by atoms with E-state index < -0.39 is 11.6 Å². The predicted molar refractivity (Wildman–Crippen MR) is 67.6 cm³/mol. The molecule has 0 aliphatic rings. The van der Waals surface area contributed by atoms with Crippen LogP contribution in [0.4, 0.5) is 0 Å². The van der Waals surface area contributed by atoms with Gasteiger partial charge >= 0.3 is 11.6 Å². The Hall–Kier alpha value is -2.36. The van der Waals surface area contributed by atoms with Gasteiger partial charge in [-0.1, -0.05) is 6.08 Å². The van der Waals surface area contributed by atoms with Gasteiger partial charge in [0.25, 0.3) is 0 Å². The molecule has 0 saturated heterocycles. The highest BCUT2D eigenvalue weighted by atomic mass is 16.5. The fourth-order valence-electron chi connectivity index (χ4n) is 1.41. The van der Waals surface area contributed by atoms with E-state index in [4.69, 9.17) is 9.15 Å². The lowest BCUT2D eigenvalue weighted by Crippen LogP contribution is -2.08. The molecule has 0 aliphatic carbocycles. The number of fused-ring (bicyclic) bond motifs is 1. The summed E-state index contributed by atoms with van der Waals surface area (Å²) in [6.07, 6.45) is 1.67. The molecule has 0 fully saturated rings. The molecule has 0 radical (unpaired) electrons. The van der Waals surface area contributed by atoms with Gasteiger partial charge in [0.2, 0.25) is 0 Å². The maximum absolute atomic E-state index is 11.6.